The van der Waals surface area contributed by atoms with Gasteiger partial charge in [-0.3, -0.25) is 0 Å². The van der Waals surface area contributed by atoms with Crippen LogP contribution in [0.3, 0.4) is 0 Å². The molecule has 0 amide bonds. The van der Waals surface area contributed by atoms with E-state index in [-0.39, 0.29) is 5.54 Å². The van der Waals surface area contributed by atoms with Crippen LogP contribution in [0.25, 0.3) is 0 Å². The molecule has 2 unspecified atom stereocenters. The summed E-state index contributed by atoms with van der Waals surface area (Å²) in [4.78, 5) is 0. The van der Waals surface area contributed by atoms with Crippen molar-refractivity contribution in [1.82, 2.24) is 5.32 Å². The maximum Gasteiger partial charge on any atom is 0.0334 e. The van der Waals surface area contributed by atoms with Crippen LogP contribution in [0.2, 0.25) is 0 Å². The SMILES string of the molecule is CCC1CCCCC1(CN)NC1CCCCC1. The van der Waals surface area contributed by atoms with Crippen molar-refractivity contribution in [3.05, 3.63) is 0 Å². The smallest absolute Gasteiger partial charge is 0.0334 e. The van der Waals surface area contributed by atoms with Crippen LogP contribution in [0.4, 0.5) is 0 Å². The Hall–Kier alpha value is -0.0800. The molecule has 2 heteroatoms. The largest absolute Gasteiger partial charge is 0.329 e. The number of nitrogens with one attached hydrogen (secondary N) is 1. The van der Waals surface area contributed by atoms with Gasteiger partial charge in [0.25, 0.3) is 0 Å². The summed E-state index contributed by atoms with van der Waals surface area (Å²) in [7, 11) is 0. The van der Waals surface area contributed by atoms with Gasteiger partial charge in [0, 0.05) is 18.1 Å². The second-order valence-corrected chi connectivity index (χ2v) is 6.19. The zero-order valence-electron chi connectivity index (χ0n) is 11.5. The Kier molecular flexibility index (Phi) is 4.87. The van der Waals surface area contributed by atoms with Crippen LogP contribution in [0, 0.1) is 5.92 Å². The quantitative estimate of drug-likeness (QED) is 0.789. The Morgan fingerprint density at radius 2 is 1.76 bits per heavy atom. The van der Waals surface area contributed by atoms with E-state index >= 15 is 0 Å². The lowest BCUT2D eigenvalue weighted by Gasteiger charge is -2.47. The minimum absolute atomic E-state index is 0.273. The molecule has 0 radical (unpaired) electrons. The van der Waals surface area contributed by atoms with Crippen molar-refractivity contribution in [3.8, 4) is 0 Å². The first-order valence-electron chi connectivity index (χ1n) is 7.78. The Labute approximate surface area is 107 Å². The summed E-state index contributed by atoms with van der Waals surface area (Å²) < 4.78 is 0. The fraction of sp³-hybridized carbons (Fsp3) is 1.00. The monoisotopic (exact) mass is 238 g/mol. The highest BCUT2D eigenvalue weighted by Gasteiger charge is 2.39. The summed E-state index contributed by atoms with van der Waals surface area (Å²) in [5.74, 6) is 0.808. The number of nitrogens with two attached hydrogens (primary N) is 1. The lowest BCUT2D eigenvalue weighted by atomic mass is 9.70. The van der Waals surface area contributed by atoms with Crippen LogP contribution >= 0.6 is 0 Å². The Morgan fingerprint density at radius 3 is 2.41 bits per heavy atom. The second kappa shape index (κ2) is 6.19. The van der Waals surface area contributed by atoms with E-state index in [4.69, 9.17) is 5.73 Å². The predicted molar refractivity (Wildman–Crippen MR) is 74.0 cm³/mol. The van der Waals surface area contributed by atoms with Crippen LogP contribution in [0.1, 0.15) is 71.1 Å². The molecular weight excluding hydrogens is 208 g/mol. The van der Waals surface area contributed by atoms with Gasteiger partial charge >= 0.3 is 0 Å². The lowest BCUT2D eigenvalue weighted by Crippen LogP contribution is -2.61. The molecule has 0 heterocycles. The van der Waals surface area contributed by atoms with Gasteiger partial charge in [0.1, 0.15) is 0 Å². The molecule has 2 aliphatic rings. The van der Waals surface area contributed by atoms with Crippen molar-refractivity contribution in [3.63, 3.8) is 0 Å². The Bertz CT molecular complexity index is 223. The average Bonchev–Trinajstić information content (AvgIpc) is 2.40. The molecule has 0 aromatic carbocycles. The Morgan fingerprint density at radius 1 is 1.06 bits per heavy atom. The van der Waals surface area contributed by atoms with Crippen LogP contribution in [0.15, 0.2) is 0 Å². The maximum atomic E-state index is 6.16. The van der Waals surface area contributed by atoms with Gasteiger partial charge in [-0.1, -0.05) is 45.4 Å². The third kappa shape index (κ3) is 3.03. The molecule has 0 aromatic rings. The third-order valence-electron chi connectivity index (χ3n) is 5.16. The van der Waals surface area contributed by atoms with E-state index in [2.05, 4.69) is 12.2 Å². The minimum Gasteiger partial charge on any atom is -0.329 e. The van der Waals surface area contributed by atoms with Gasteiger partial charge in [-0.25, -0.2) is 0 Å². The molecule has 2 saturated carbocycles. The number of hydrogen-bond acceptors (Lipinski definition) is 2. The molecule has 2 nitrogen and oxygen atoms in total. The number of rotatable bonds is 4. The van der Waals surface area contributed by atoms with E-state index in [1.54, 1.807) is 0 Å². The summed E-state index contributed by atoms with van der Waals surface area (Å²) in [5, 5.41) is 4.00. The van der Waals surface area contributed by atoms with E-state index in [1.165, 1.54) is 64.2 Å². The van der Waals surface area contributed by atoms with Crippen LogP contribution < -0.4 is 11.1 Å². The molecular formula is C15H30N2. The summed E-state index contributed by atoms with van der Waals surface area (Å²) in [6.07, 6.45) is 13.8. The summed E-state index contributed by atoms with van der Waals surface area (Å²) >= 11 is 0. The van der Waals surface area contributed by atoms with E-state index in [0.29, 0.717) is 0 Å². The van der Waals surface area contributed by atoms with Crippen molar-refractivity contribution < 1.29 is 0 Å². The highest BCUT2D eigenvalue weighted by Crippen LogP contribution is 2.36. The van der Waals surface area contributed by atoms with Crippen LogP contribution in [-0.4, -0.2) is 18.1 Å². The molecule has 2 rings (SSSR count). The summed E-state index contributed by atoms with van der Waals surface area (Å²) in [5.41, 5.74) is 6.43. The highest BCUT2D eigenvalue weighted by molar-refractivity contribution is 4.99. The second-order valence-electron chi connectivity index (χ2n) is 6.19. The number of hydrogen-bond donors (Lipinski definition) is 2. The maximum absolute atomic E-state index is 6.16. The van der Waals surface area contributed by atoms with E-state index in [1.807, 2.05) is 0 Å². The molecule has 0 aromatic heterocycles. The van der Waals surface area contributed by atoms with Gasteiger partial charge in [-0.15, -0.1) is 0 Å². The van der Waals surface area contributed by atoms with Crippen molar-refractivity contribution >= 4 is 0 Å². The first-order chi connectivity index (χ1) is 8.30. The molecule has 3 N–H and O–H groups in total. The van der Waals surface area contributed by atoms with Crippen molar-refractivity contribution in [2.45, 2.75) is 82.7 Å². The Balaban J connectivity index is 2.00. The van der Waals surface area contributed by atoms with Crippen molar-refractivity contribution in [2.75, 3.05) is 6.54 Å². The molecule has 0 spiro atoms. The topological polar surface area (TPSA) is 38.0 Å². The zero-order valence-corrected chi connectivity index (χ0v) is 11.5. The van der Waals surface area contributed by atoms with Gasteiger partial charge in [0.15, 0.2) is 0 Å². The normalized spacial score (nSPS) is 36.0. The molecule has 0 saturated heterocycles. The van der Waals surface area contributed by atoms with Gasteiger partial charge in [-0.05, 0) is 31.6 Å². The fourth-order valence-corrected chi connectivity index (χ4v) is 4.08. The standard InChI is InChI=1S/C15H30N2/c1-2-13-8-6-7-11-15(13,12-16)17-14-9-4-3-5-10-14/h13-14,17H,2-12,16H2,1H3. The fourth-order valence-electron chi connectivity index (χ4n) is 4.08. The third-order valence-corrected chi connectivity index (χ3v) is 5.16. The highest BCUT2D eigenvalue weighted by atomic mass is 15.0. The van der Waals surface area contributed by atoms with Crippen LogP contribution in [-0.2, 0) is 0 Å². The zero-order chi connectivity index (χ0) is 12.1. The van der Waals surface area contributed by atoms with Crippen molar-refractivity contribution in [2.24, 2.45) is 11.7 Å². The molecule has 100 valence electrons. The molecule has 0 bridgehead atoms. The van der Waals surface area contributed by atoms with Crippen molar-refractivity contribution in [1.29, 1.82) is 0 Å². The average molecular weight is 238 g/mol. The van der Waals surface area contributed by atoms with E-state index < -0.39 is 0 Å². The summed E-state index contributed by atoms with van der Waals surface area (Å²) in [6, 6.07) is 0.749. The first kappa shape index (κ1) is 13.4. The van der Waals surface area contributed by atoms with Gasteiger partial charge < -0.3 is 11.1 Å². The van der Waals surface area contributed by atoms with E-state index in [0.717, 1.165) is 18.5 Å². The minimum atomic E-state index is 0.273. The molecule has 17 heavy (non-hydrogen) atoms. The first-order valence-corrected chi connectivity index (χ1v) is 7.78. The molecule has 0 aliphatic heterocycles. The lowest BCUT2D eigenvalue weighted by molar-refractivity contribution is 0.118. The van der Waals surface area contributed by atoms with Gasteiger partial charge in [0.05, 0.1) is 0 Å². The van der Waals surface area contributed by atoms with Gasteiger partial charge in [0.2, 0.25) is 0 Å². The van der Waals surface area contributed by atoms with Gasteiger partial charge in [-0.2, -0.15) is 0 Å². The molecule has 2 atom stereocenters. The predicted octanol–water partition coefficient (Wildman–Crippen LogP) is 3.21. The van der Waals surface area contributed by atoms with Crippen LogP contribution in [0.5, 0.6) is 0 Å². The van der Waals surface area contributed by atoms with E-state index in [9.17, 15) is 0 Å². The molecule has 2 aliphatic carbocycles. The molecule has 2 fully saturated rings. The summed E-state index contributed by atoms with van der Waals surface area (Å²) in [6.45, 7) is 3.17.